The molecule has 8 heteroatoms. The number of aryl methyl sites for hydroxylation is 1. The number of ether oxygens (including phenoxy) is 1. The van der Waals surface area contributed by atoms with Crippen LogP contribution < -0.4 is 9.64 Å². The van der Waals surface area contributed by atoms with Gasteiger partial charge < -0.3 is 14.8 Å². The van der Waals surface area contributed by atoms with Crippen molar-refractivity contribution in [1.29, 1.82) is 0 Å². The normalized spacial score (nSPS) is 17.4. The third-order valence-corrected chi connectivity index (χ3v) is 6.94. The summed E-state index contributed by atoms with van der Waals surface area (Å²) in [7, 11) is 0. The highest BCUT2D eigenvalue weighted by Crippen LogP contribution is 2.42. The lowest BCUT2D eigenvalue weighted by atomic mass is 9.95. The summed E-state index contributed by atoms with van der Waals surface area (Å²) in [5, 5.41) is 11.3. The Morgan fingerprint density at radius 1 is 1.08 bits per heavy atom. The summed E-state index contributed by atoms with van der Waals surface area (Å²) in [5.74, 6) is -0.886. The fraction of sp³-hybridized carbons (Fsp3) is 0.179. The lowest BCUT2D eigenvalue weighted by Crippen LogP contribution is -2.30. The first-order chi connectivity index (χ1) is 17.2. The van der Waals surface area contributed by atoms with E-state index in [9.17, 15) is 14.7 Å². The number of rotatable bonds is 5. The third-order valence-electron chi connectivity index (χ3n) is 6.05. The first-order valence-corrected chi connectivity index (χ1v) is 12.3. The van der Waals surface area contributed by atoms with Gasteiger partial charge in [-0.1, -0.05) is 46.3 Å². The summed E-state index contributed by atoms with van der Waals surface area (Å²) in [6.07, 6.45) is -0.00215. The third kappa shape index (κ3) is 4.18. The molecule has 5 rings (SSSR count). The standard InChI is InChI=1S/C28H24BrN3O4/c1-15(2)36-19-11-8-17(9-12-19)24-23(25(33)18-10-13-20(29)16(3)14-18)26(34)27(35)32(24)28-30-21-6-4-5-7-22(21)31-28/h4-15,24,33H,1-3H3,(H,30,31)/b25-23+. The second-order valence-electron chi connectivity index (χ2n) is 8.95. The summed E-state index contributed by atoms with van der Waals surface area (Å²) in [6, 6.07) is 18.9. The average Bonchev–Trinajstić information content (AvgIpc) is 3.39. The molecule has 0 saturated carbocycles. The monoisotopic (exact) mass is 545 g/mol. The van der Waals surface area contributed by atoms with Gasteiger partial charge in [0.1, 0.15) is 11.5 Å². The van der Waals surface area contributed by atoms with Gasteiger partial charge in [0.05, 0.1) is 28.8 Å². The fourth-order valence-electron chi connectivity index (χ4n) is 4.37. The van der Waals surface area contributed by atoms with Crippen LogP contribution in [0.25, 0.3) is 16.8 Å². The van der Waals surface area contributed by atoms with E-state index in [1.165, 1.54) is 4.90 Å². The number of benzene rings is 3. The van der Waals surface area contributed by atoms with Gasteiger partial charge in [0.25, 0.3) is 5.78 Å². The average molecular weight is 546 g/mol. The number of aromatic amines is 1. The molecule has 36 heavy (non-hydrogen) atoms. The van der Waals surface area contributed by atoms with Crippen LogP contribution in [0.4, 0.5) is 5.95 Å². The van der Waals surface area contributed by atoms with Gasteiger partial charge in [-0.3, -0.25) is 14.5 Å². The molecular weight excluding hydrogens is 522 g/mol. The van der Waals surface area contributed by atoms with Crippen LogP contribution in [0.1, 0.15) is 36.6 Å². The van der Waals surface area contributed by atoms with Crippen molar-refractivity contribution < 1.29 is 19.4 Å². The van der Waals surface area contributed by atoms with Crippen LogP contribution in [0.15, 0.2) is 76.8 Å². The molecule has 4 aromatic rings. The summed E-state index contributed by atoms with van der Waals surface area (Å²) < 4.78 is 6.64. The largest absolute Gasteiger partial charge is 0.507 e. The molecule has 1 fully saturated rings. The first kappa shape index (κ1) is 23.8. The smallest absolute Gasteiger partial charge is 0.302 e. The van der Waals surface area contributed by atoms with Crippen molar-refractivity contribution in [2.75, 3.05) is 4.90 Å². The van der Waals surface area contributed by atoms with E-state index in [2.05, 4.69) is 25.9 Å². The van der Waals surface area contributed by atoms with Gasteiger partial charge in [0.15, 0.2) is 0 Å². The number of halogens is 1. The zero-order chi connectivity index (χ0) is 25.6. The number of aromatic nitrogens is 2. The van der Waals surface area contributed by atoms with Gasteiger partial charge in [-0.2, -0.15) is 0 Å². The lowest BCUT2D eigenvalue weighted by Gasteiger charge is -2.23. The van der Waals surface area contributed by atoms with Crippen LogP contribution >= 0.6 is 15.9 Å². The Kier molecular flexibility index (Phi) is 6.14. The second kappa shape index (κ2) is 9.28. The van der Waals surface area contributed by atoms with Crippen LogP contribution in [0.3, 0.4) is 0 Å². The molecule has 0 radical (unpaired) electrons. The Bertz CT molecular complexity index is 1490. The predicted molar refractivity (Wildman–Crippen MR) is 142 cm³/mol. The fourth-order valence-corrected chi connectivity index (χ4v) is 4.61. The number of fused-ring (bicyclic) bond motifs is 1. The highest BCUT2D eigenvalue weighted by Gasteiger charge is 2.48. The number of hydrogen-bond acceptors (Lipinski definition) is 5. The number of nitrogens with zero attached hydrogens (tertiary/aromatic N) is 2. The summed E-state index contributed by atoms with van der Waals surface area (Å²) >= 11 is 3.46. The Morgan fingerprint density at radius 2 is 1.81 bits per heavy atom. The first-order valence-electron chi connectivity index (χ1n) is 11.5. The van der Waals surface area contributed by atoms with Crippen molar-refractivity contribution in [2.24, 2.45) is 0 Å². The number of ketones is 1. The van der Waals surface area contributed by atoms with E-state index in [0.717, 1.165) is 15.6 Å². The minimum Gasteiger partial charge on any atom is -0.507 e. The number of imidazole rings is 1. The van der Waals surface area contributed by atoms with E-state index in [0.29, 0.717) is 22.4 Å². The molecule has 1 unspecified atom stereocenters. The molecule has 3 aromatic carbocycles. The van der Waals surface area contributed by atoms with Gasteiger partial charge in [0.2, 0.25) is 5.95 Å². The molecule has 0 aliphatic carbocycles. The SMILES string of the molecule is Cc1cc(/C(O)=C2\C(=O)C(=O)N(c3nc4ccccc4[nH]3)C2c2ccc(OC(C)C)cc2)ccc1Br. The topological polar surface area (TPSA) is 95.5 Å². The quantitative estimate of drug-likeness (QED) is 0.181. The Morgan fingerprint density at radius 3 is 2.47 bits per heavy atom. The number of amides is 1. The molecular formula is C28H24BrN3O4. The van der Waals surface area contributed by atoms with Gasteiger partial charge in [-0.05, 0) is 68.3 Å². The summed E-state index contributed by atoms with van der Waals surface area (Å²) in [4.78, 5) is 35.8. The predicted octanol–water partition coefficient (Wildman–Crippen LogP) is 6.05. The molecule has 1 aromatic heterocycles. The van der Waals surface area contributed by atoms with Crippen molar-refractivity contribution in [1.82, 2.24) is 9.97 Å². The molecule has 1 aliphatic rings. The van der Waals surface area contributed by atoms with Crippen molar-refractivity contribution in [3.63, 3.8) is 0 Å². The van der Waals surface area contributed by atoms with E-state index in [1.54, 1.807) is 42.5 Å². The Hall–Kier alpha value is -3.91. The van der Waals surface area contributed by atoms with Crippen molar-refractivity contribution >= 4 is 50.4 Å². The number of carbonyl (C=O) groups is 2. The number of para-hydroxylation sites is 2. The van der Waals surface area contributed by atoms with E-state index in [1.807, 2.05) is 45.0 Å². The molecule has 2 heterocycles. The van der Waals surface area contributed by atoms with Crippen LogP contribution in [0.5, 0.6) is 5.75 Å². The number of H-pyrrole nitrogens is 1. The highest BCUT2D eigenvalue weighted by molar-refractivity contribution is 9.10. The Balaban J connectivity index is 1.69. The molecule has 0 spiro atoms. The van der Waals surface area contributed by atoms with Crippen molar-refractivity contribution in [3.8, 4) is 5.75 Å². The number of aliphatic hydroxyl groups excluding tert-OH is 1. The lowest BCUT2D eigenvalue weighted by molar-refractivity contribution is -0.132. The number of hydrogen-bond donors (Lipinski definition) is 2. The molecule has 1 aliphatic heterocycles. The Labute approximate surface area is 216 Å². The minimum atomic E-state index is -0.886. The summed E-state index contributed by atoms with van der Waals surface area (Å²) in [5.41, 5.74) is 3.37. The zero-order valence-corrected chi connectivity index (χ0v) is 21.5. The maximum Gasteiger partial charge on any atom is 0.302 e. The number of anilines is 1. The second-order valence-corrected chi connectivity index (χ2v) is 9.80. The van der Waals surface area contributed by atoms with Crippen LogP contribution in [0, 0.1) is 6.92 Å². The number of carbonyl (C=O) groups excluding carboxylic acids is 2. The molecule has 182 valence electrons. The van der Waals surface area contributed by atoms with Crippen molar-refractivity contribution in [3.05, 3.63) is 93.5 Å². The maximum absolute atomic E-state index is 13.4. The summed E-state index contributed by atoms with van der Waals surface area (Å²) in [6.45, 7) is 5.76. The molecule has 7 nitrogen and oxygen atoms in total. The van der Waals surface area contributed by atoms with E-state index < -0.39 is 17.7 Å². The van der Waals surface area contributed by atoms with Gasteiger partial charge in [0, 0.05) is 10.0 Å². The zero-order valence-electron chi connectivity index (χ0n) is 19.9. The number of aliphatic hydroxyl groups is 1. The van der Waals surface area contributed by atoms with Gasteiger partial charge >= 0.3 is 5.91 Å². The van der Waals surface area contributed by atoms with E-state index in [4.69, 9.17) is 4.74 Å². The van der Waals surface area contributed by atoms with Crippen molar-refractivity contribution in [2.45, 2.75) is 32.9 Å². The number of nitrogens with one attached hydrogen (secondary N) is 1. The van der Waals surface area contributed by atoms with Crippen LogP contribution in [-0.4, -0.2) is 32.9 Å². The molecule has 0 bridgehead atoms. The van der Waals surface area contributed by atoms with Crippen LogP contribution in [0.2, 0.25) is 0 Å². The molecule has 1 saturated heterocycles. The van der Waals surface area contributed by atoms with Gasteiger partial charge in [-0.15, -0.1) is 0 Å². The maximum atomic E-state index is 13.4. The van der Waals surface area contributed by atoms with Crippen LogP contribution in [-0.2, 0) is 9.59 Å². The minimum absolute atomic E-state index is 0.000272. The molecule has 1 atom stereocenters. The van der Waals surface area contributed by atoms with E-state index in [-0.39, 0.29) is 23.4 Å². The molecule has 1 amide bonds. The number of Topliss-reactive ketones (excluding diaryl/α,β-unsaturated/α-hetero) is 1. The highest BCUT2D eigenvalue weighted by atomic mass is 79.9. The van der Waals surface area contributed by atoms with E-state index >= 15 is 0 Å². The molecule has 2 N–H and O–H groups in total. The van der Waals surface area contributed by atoms with Gasteiger partial charge in [-0.25, -0.2) is 4.98 Å².